The molecule has 0 radical (unpaired) electrons. The van der Waals surface area contributed by atoms with E-state index >= 15 is 0 Å². The number of rotatable bonds is 3. The summed E-state index contributed by atoms with van der Waals surface area (Å²) in [6.45, 7) is 2.05. The van der Waals surface area contributed by atoms with Gasteiger partial charge in [-0.15, -0.1) is 0 Å². The summed E-state index contributed by atoms with van der Waals surface area (Å²) in [6.07, 6.45) is 1.80. The average Bonchev–Trinajstić information content (AvgIpc) is 2.91. The molecule has 0 aliphatic heterocycles. The Labute approximate surface area is 126 Å². The van der Waals surface area contributed by atoms with E-state index < -0.39 is 0 Å². The lowest BCUT2D eigenvalue weighted by Crippen LogP contribution is -2.07. The van der Waals surface area contributed by atoms with Crippen molar-refractivity contribution in [1.29, 1.82) is 0 Å². The third kappa shape index (κ3) is 2.35. The van der Waals surface area contributed by atoms with E-state index in [-0.39, 0.29) is 6.04 Å². The highest BCUT2D eigenvalue weighted by Gasteiger charge is 2.13. The van der Waals surface area contributed by atoms with Crippen molar-refractivity contribution >= 4 is 39.8 Å². The molecule has 2 N–H and O–H groups in total. The SMILES string of the molecule is CC(Nc1cccc2cn[nH]c12)c1cccc(Cl)c1Cl. The van der Waals surface area contributed by atoms with Crippen LogP contribution in [0.5, 0.6) is 0 Å². The standard InChI is InChI=1S/C15H13Cl2N3/c1-9(11-5-3-6-12(16)14(11)17)19-13-7-2-4-10-8-18-20-15(10)13/h2-9,19H,1H3,(H,18,20). The predicted molar refractivity (Wildman–Crippen MR) is 84.6 cm³/mol. The number of H-pyrrole nitrogens is 1. The molecule has 3 aromatic rings. The summed E-state index contributed by atoms with van der Waals surface area (Å²) >= 11 is 12.3. The van der Waals surface area contributed by atoms with Gasteiger partial charge < -0.3 is 5.32 Å². The number of aromatic amines is 1. The minimum absolute atomic E-state index is 0.0371. The molecular weight excluding hydrogens is 293 g/mol. The Bertz CT molecular complexity index is 752. The van der Waals surface area contributed by atoms with Gasteiger partial charge in [0.05, 0.1) is 33.5 Å². The van der Waals surface area contributed by atoms with Crippen molar-refractivity contribution in [3.05, 3.63) is 58.2 Å². The molecule has 0 aliphatic rings. The Morgan fingerprint density at radius 1 is 1.15 bits per heavy atom. The number of anilines is 1. The first-order chi connectivity index (χ1) is 9.66. The quantitative estimate of drug-likeness (QED) is 0.711. The second-order valence-electron chi connectivity index (χ2n) is 4.65. The van der Waals surface area contributed by atoms with Gasteiger partial charge in [-0.05, 0) is 24.6 Å². The molecular formula is C15H13Cl2N3. The monoisotopic (exact) mass is 305 g/mol. The number of aromatic nitrogens is 2. The van der Waals surface area contributed by atoms with Gasteiger partial charge in [0.15, 0.2) is 0 Å². The number of fused-ring (bicyclic) bond motifs is 1. The largest absolute Gasteiger partial charge is 0.377 e. The van der Waals surface area contributed by atoms with Crippen molar-refractivity contribution in [3.63, 3.8) is 0 Å². The molecule has 0 spiro atoms. The molecule has 5 heteroatoms. The molecule has 2 aromatic carbocycles. The van der Waals surface area contributed by atoms with Gasteiger partial charge in [-0.25, -0.2) is 0 Å². The number of para-hydroxylation sites is 1. The number of benzene rings is 2. The molecule has 0 amide bonds. The summed E-state index contributed by atoms with van der Waals surface area (Å²) < 4.78 is 0. The molecule has 20 heavy (non-hydrogen) atoms. The van der Waals surface area contributed by atoms with Crippen molar-refractivity contribution in [2.75, 3.05) is 5.32 Å². The van der Waals surface area contributed by atoms with Crippen molar-refractivity contribution in [1.82, 2.24) is 10.2 Å². The molecule has 3 rings (SSSR count). The van der Waals surface area contributed by atoms with E-state index in [0.717, 1.165) is 22.2 Å². The summed E-state index contributed by atoms with van der Waals surface area (Å²) in [4.78, 5) is 0. The van der Waals surface area contributed by atoms with Crippen molar-refractivity contribution < 1.29 is 0 Å². The summed E-state index contributed by atoms with van der Waals surface area (Å²) in [7, 11) is 0. The van der Waals surface area contributed by atoms with Crippen LogP contribution in [0.15, 0.2) is 42.6 Å². The van der Waals surface area contributed by atoms with Gasteiger partial charge in [-0.2, -0.15) is 5.10 Å². The van der Waals surface area contributed by atoms with E-state index in [0.29, 0.717) is 10.0 Å². The Morgan fingerprint density at radius 2 is 1.95 bits per heavy atom. The molecule has 1 aromatic heterocycles. The minimum Gasteiger partial charge on any atom is -0.377 e. The topological polar surface area (TPSA) is 40.7 Å². The normalized spacial score (nSPS) is 12.6. The predicted octanol–water partition coefficient (Wildman–Crippen LogP) is 5.04. The van der Waals surface area contributed by atoms with E-state index in [4.69, 9.17) is 23.2 Å². The summed E-state index contributed by atoms with van der Waals surface area (Å²) in [5.41, 5.74) is 2.94. The molecule has 3 nitrogen and oxygen atoms in total. The van der Waals surface area contributed by atoms with Crippen LogP contribution in [0.3, 0.4) is 0 Å². The first-order valence-electron chi connectivity index (χ1n) is 6.29. The summed E-state index contributed by atoms with van der Waals surface area (Å²) in [5, 5.41) is 12.7. The van der Waals surface area contributed by atoms with E-state index in [1.807, 2.05) is 37.3 Å². The highest BCUT2D eigenvalue weighted by molar-refractivity contribution is 6.42. The van der Waals surface area contributed by atoms with Gasteiger partial charge in [0.1, 0.15) is 0 Å². The summed E-state index contributed by atoms with van der Waals surface area (Å²) in [5.74, 6) is 0. The number of hydrogen-bond acceptors (Lipinski definition) is 2. The zero-order valence-electron chi connectivity index (χ0n) is 10.8. The Kier molecular flexibility index (Phi) is 3.55. The van der Waals surface area contributed by atoms with Crippen LogP contribution in [0.1, 0.15) is 18.5 Å². The first kappa shape index (κ1) is 13.3. The van der Waals surface area contributed by atoms with Gasteiger partial charge >= 0.3 is 0 Å². The maximum atomic E-state index is 6.26. The van der Waals surface area contributed by atoms with E-state index in [2.05, 4.69) is 15.5 Å². The molecule has 0 saturated heterocycles. The second-order valence-corrected chi connectivity index (χ2v) is 5.43. The van der Waals surface area contributed by atoms with Gasteiger partial charge in [0.2, 0.25) is 0 Å². The minimum atomic E-state index is 0.0371. The maximum Gasteiger partial charge on any atom is 0.0881 e. The molecule has 1 unspecified atom stereocenters. The van der Waals surface area contributed by atoms with Crippen LogP contribution in [-0.4, -0.2) is 10.2 Å². The Hall–Kier alpha value is -1.71. The van der Waals surface area contributed by atoms with E-state index in [1.165, 1.54) is 0 Å². The van der Waals surface area contributed by atoms with Gasteiger partial charge in [0, 0.05) is 5.39 Å². The third-order valence-electron chi connectivity index (χ3n) is 3.30. The maximum absolute atomic E-state index is 6.26. The van der Waals surface area contributed by atoms with E-state index in [1.54, 1.807) is 12.3 Å². The fourth-order valence-electron chi connectivity index (χ4n) is 2.26. The fraction of sp³-hybridized carbons (Fsp3) is 0.133. The number of hydrogen-bond donors (Lipinski definition) is 2. The lowest BCUT2D eigenvalue weighted by Gasteiger charge is -2.18. The molecule has 0 bridgehead atoms. The Morgan fingerprint density at radius 3 is 2.80 bits per heavy atom. The van der Waals surface area contributed by atoms with Crippen LogP contribution in [0, 0.1) is 0 Å². The van der Waals surface area contributed by atoms with Crippen LogP contribution in [0.25, 0.3) is 10.9 Å². The second kappa shape index (κ2) is 5.35. The zero-order valence-corrected chi connectivity index (χ0v) is 12.3. The van der Waals surface area contributed by atoms with Crippen LogP contribution < -0.4 is 5.32 Å². The molecule has 0 aliphatic carbocycles. The number of halogens is 2. The highest BCUT2D eigenvalue weighted by atomic mass is 35.5. The number of nitrogens with one attached hydrogen (secondary N) is 2. The molecule has 1 heterocycles. The van der Waals surface area contributed by atoms with Crippen LogP contribution in [0.4, 0.5) is 5.69 Å². The highest BCUT2D eigenvalue weighted by Crippen LogP contribution is 2.32. The Balaban J connectivity index is 1.94. The molecule has 102 valence electrons. The lowest BCUT2D eigenvalue weighted by atomic mass is 10.1. The number of nitrogens with zero attached hydrogens (tertiary/aromatic N) is 1. The van der Waals surface area contributed by atoms with E-state index in [9.17, 15) is 0 Å². The van der Waals surface area contributed by atoms with Gasteiger partial charge in [-0.3, -0.25) is 5.10 Å². The zero-order chi connectivity index (χ0) is 14.1. The van der Waals surface area contributed by atoms with Crippen molar-refractivity contribution in [3.8, 4) is 0 Å². The molecule has 0 fully saturated rings. The van der Waals surface area contributed by atoms with Crippen molar-refractivity contribution in [2.45, 2.75) is 13.0 Å². The van der Waals surface area contributed by atoms with Crippen molar-refractivity contribution in [2.24, 2.45) is 0 Å². The first-order valence-corrected chi connectivity index (χ1v) is 7.05. The third-order valence-corrected chi connectivity index (χ3v) is 4.13. The fourth-order valence-corrected chi connectivity index (χ4v) is 2.73. The average molecular weight is 306 g/mol. The smallest absolute Gasteiger partial charge is 0.0881 e. The van der Waals surface area contributed by atoms with Crippen LogP contribution in [-0.2, 0) is 0 Å². The summed E-state index contributed by atoms with van der Waals surface area (Å²) in [6, 6.07) is 11.7. The van der Waals surface area contributed by atoms with Gasteiger partial charge in [-0.1, -0.05) is 47.5 Å². The lowest BCUT2D eigenvalue weighted by molar-refractivity contribution is 0.886. The van der Waals surface area contributed by atoms with Gasteiger partial charge in [0.25, 0.3) is 0 Å². The molecule has 1 atom stereocenters. The van der Waals surface area contributed by atoms with Crippen LogP contribution >= 0.6 is 23.2 Å². The van der Waals surface area contributed by atoms with Crippen LogP contribution in [0.2, 0.25) is 10.0 Å². The molecule has 0 saturated carbocycles.